The third-order valence-corrected chi connectivity index (χ3v) is 4.16. The molecule has 0 atom stereocenters. The fraction of sp³-hybridized carbons (Fsp3) is 0.600. The molecule has 1 saturated carbocycles. The van der Waals surface area contributed by atoms with Crippen LogP contribution in [0, 0.1) is 0 Å². The topological polar surface area (TPSA) is 35.5 Å². The van der Waals surface area contributed by atoms with E-state index in [-0.39, 0.29) is 6.61 Å². The highest BCUT2D eigenvalue weighted by atomic mass is 79.9. The smallest absolute Gasteiger partial charge is 0.0606 e. The van der Waals surface area contributed by atoms with Gasteiger partial charge >= 0.3 is 0 Å². The summed E-state index contributed by atoms with van der Waals surface area (Å²) in [5.41, 5.74) is 2.48. The standard InChI is InChI=1S/C15H23BrN2O/c1-2-7-18(8-9-19)14-6-3-12(15(16)10-14)11-17-13-4-5-13/h3,6,10,13,17,19H,2,4-5,7-9,11H2,1H3. The zero-order chi connectivity index (χ0) is 13.7. The highest BCUT2D eigenvalue weighted by Crippen LogP contribution is 2.26. The Morgan fingerprint density at radius 3 is 2.74 bits per heavy atom. The Morgan fingerprint density at radius 2 is 2.16 bits per heavy atom. The molecule has 2 N–H and O–H groups in total. The summed E-state index contributed by atoms with van der Waals surface area (Å²) in [4.78, 5) is 2.23. The number of aliphatic hydroxyl groups excluding tert-OH is 1. The van der Waals surface area contributed by atoms with Gasteiger partial charge in [0, 0.05) is 35.8 Å². The minimum absolute atomic E-state index is 0.197. The third kappa shape index (κ3) is 4.48. The molecule has 4 heteroatoms. The molecule has 1 aromatic rings. The molecule has 2 rings (SSSR count). The third-order valence-electron chi connectivity index (χ3n) is 3.42. The number of rotatable bonds is 8. The van der Waals surface area contributed by atoms with Crippen molar-refractivity contribution in [2.45, 2.75) is 38.8 Å². The first kappa shape index (κ1) is 14.8. The normalized spacial score (nSPS) is 14.7. The number of anilines is 1. The van der Waals surface area contributed by atoms with Crippen LogP contribution in [0.25, 0.3) is 0 Å². The minimum atomic E-state index is 0.197. The van der Waals surface area contributed by atoms with Crippen molar-refractivity contribution in [2.75, 3.05) is 24.6 Å². The average Bonchev–Trinajstić information content (AvgIpc) is 3.21. The fourth-order valence-electron chi connectivity index (χ4n) is 2.18. The predicted molar refractivity (Wildman–Crippen MR) is 83.6 cm³/mol. The predicted octanol–water partition coefficient (Wildman–Crippen LogP) is 2.91. The molecule has 19 heavy (non-hydrogen) atoms. The summed E-state index contributed by atoms with van der Waals surface area (Å²) in [5, 5.41) is 12.7. The Kier molecular flexibility index (Phi) is 5.67. The van der Waals surface area contributed by atoms with Gasteiger partial charge in [-0.1, -0.05) is 28.9 Å². The van der Waals surface area contributed by atoms with E-state index in [2.05, 4.69) is 51.3 Å². The minimum Gasteiger partial charge on any atom is -0.395 e. The molecular formula is C15H23BrN2O. The van der Waals surface area contributed by atoms with Gasteiger partial charge in [0.25, 0.3) is 0 Å². The summed E-state index contributed by atoms with van der Waals surface area (Å²) < 4.78 is 1.15. The van der Waals surface area contributed by atoms with Crippen LogP contribution in [0.2, 0.25) is 0 Å². The molecule has 106 valence electrons. The molecule has 1 aliphatic rings. The molecule has 0 aliphatic heterocycles. The maximum atomic E-state index is 9.14. The van der Waals surface area contributed by atoms with Gasteiger partial charge in [0.15, 0.2) is 0 Å². The van der Waals surface area contributed by atoms with Crippen LogP contribution in [0.1, 0.15) is 31.7 Å². The summed E-state index contributed by atoms with van der Waals surface area (Å²) in [6.45, 7) is 4.96. The van der Waals surface area contributed by atoms with E-state index in [1.54, 1.807) is 0 Å². The molecule has 1 fully saturated rings. The number of hydrogen-bond donors (Lipinski definition) is 2. The lowest BCUT2D eigenvalue weighted by Crippen LogP contribution is -2.27. The van der Waals surface area contributed by atoms with Gasteiger partial charge in [0.1, 0.15) is 0 Å². The Bertz CT molecular complexity index is 401. The van der Waals surface area contributed by atoms with Crippen LogP contribution in [0.3, 0.4) is 0 Å². The van der Waals surface area contributed by atoms with Crippen LogP contribution in [-0.4, -0.2) is 30.8 Å². The van der Waals surface area contributed by atoms with Gasteiger partial charge in [-0.05, 0) is 37.0 Å². The van der Waals surface area contributed by atoms with Crippen molar-refractivity contribution in [3.05, 3.63) is 28.2 Å². The summed E-state index contributed by atoms with van der Waals surface area (Å²) in [6, 6.07) is 7.22. The van der Waals surface area contributed by atoms with E-state index in [1.807, 2.05) is 0 Å². The van der Waals surface area contributed by atoms with E-state index in [9.17, 15) is 0 Å². The molecule has 0 heterocycles. The molecule has 1 aromatic carbocycles. The van der Waals surface area contributed by atoms with Crippen molar-refractivity contribution in [1.82, 2.24) is 5.32 Å². The second-order valence-corrected chi connectivity index (χ2v) is 6.00. The Hall–Kier alpha value is -0.580. The molecule has 0 spiro atoms. The van der Waals surface area contributed by atoms with E-state index in [0.29, 0.717) is 6.54 Å². The number of nitrogens with one attached hydrogen (secondary N) is 1. The van der Waals surface area contributed by atoms with Gasteiger partial charge in [0.05, 0.1) is 6.61 Å². The first-order chi connectivity index (χ1) is 9.24. The van der Waals surface area contributed by atoms with Crippen LogP contribution in [0.4, 0.5) is 5.69 Å². The van der Waals surface area contributed by atoms with E-state index in [4.69, 9.17) is 5.11 Å². The Morgan fingerprint density at radius 1 is 1.37 bits per heavy atom. The lowest BCUT2D eigenvalue weighted by Gasteiger charge is -2.24. The zero-order valence-corrected chi connectivity index (χ0v) is 13.1. The first-order valence-corrected chi connectivity index (χ1v) is 7.91. The van der Waals surface area contributed by atoms with Crippen molar-refractivity contribution in [1.29, 1.82) is 0 Å². The van der Waals surface area contributed by atoms with Crippen molar-refractivity contribution in [2.24, 2.45) is 0 Å². The lowest BCUT2D eigenvalue weighted by atomic mass is 10.2. The van der Waals surface area contributed by atoms with Crippen molar-refractivity contribution in [3.63, 3.8) is 0 Å². The summed E-state index contributed by atoms with van der Waals surface area (Å²) in [7, 11) is 0. The Labute approximate surface area is 124 Å². The molecule has 0 unspecified atom stereocenters. The lowest BCUT2D eigenvalue weighted by molar-refractivity contribution is 0.302. The molecule has 0 aromatic heterocycles. The van der Waals surface area contributed by atoms with Gasteiger partial charge in [-0.3, -0.25) is 0 Å². The number of hydrogen-bond acceptors (Lipinski definition) is 3. The molecule has 0 radical (unpaired) electrons. The number of halogens is 1. The van der Waals surface area contributed by atoms with Crippen LogP contribution in [0.15, 0.2) is 22.7 Å². The van der Waals surface area contributed by atoms with Gasteiger partial charge < -0.3 is 15.3 Å². The zero-order valence-electron chi connectivity index (χ0n) is 11.5. The highest BCUT2D eigenvalue weighted by molar-refractivity contribution is 9.10. The average molecular weight is 327 g/mol. The fourth-order valence-corrected chi connectivity index (χ4v) is 2.69. The van der Waals surface area contributed by atoms with Gasteiger partial charge in [0.2, 0.25) is 0 Å². The largest absolute Gasteiger partial charge is 0.395 e. The Balaban J connectivity index is 2.02. The van der Waals surface area contributed by atoms with Gasteiger partial charge in [-0.15, -0.1) is 0 Å². The highest BCUT2D eigenvalue weighted by Gasteiger charge is 2.20. The summed E-state index contributed by atoms with van der Waals surface area (Å²) in [5.74, 6) is 0. The van der Waals surface area contributed by atoms with Gasteiger partial charge in [-0.25, -0.2) is 0 Å². The molecule has 0 bridgehead atoms. The summed E-state index contributed by atoms with van der Waals surface area (Å²) >= 11 is 3.66. The van der Waals surface area contributed by atoms with Crippen molar-refractivity contribution in [3.8, 4) is 0 Å². The van der Waals surface area contributed by atoms with E-state index < -0.39 is 0 Å². The van der Waals surface area contributed by atoms with Crippen molar-refractivity contribution < 1.29 is 5.11 Å². The van der Waals surface area contributed by atoms with Gasteiger partial charge in [-0.2, -0.15) is 0 Å². The van der Waals surface area contributed by atoms with Crippen molar-refractivity contribution >= 4 is 21.6 Å². The van der Waals surface area contributed by atoms with Crippen LogP contribution in [0.5, 0.6) is 0 Å². The van der Waals surface area contributed by atoms with E-state index in [0.717, 1.165) is 30.0 Å². The van der Waals surface area contributed by atoms with Crippen LogP contribution >= 0.6 is 15.9 Å². The number of benzene rings is 1. The SMILES string of the molecule is CCCN(CCO)c1ccc(CNC2CC2)c(Br)c1. The van der Waals surface area contributed by atoms with E-state index >= 15 is 0 Å². The summed E-state index contributed by atoms with van der Waals surface area (Å²) in [6.07, 6.45) is 3.72. The molecular weight excluding hydrogens is 304 g/mol. The molecule has 1 aliphatic carbocycles. The van der Waals surface area contributed by atoms with E-state index in [1.165, 1.54) is 24.1 Å². The van der Waals surface area contributed by atoms with Crippen LogP contribution < -0.4 is 10.2 Å². The second-order valence-electron chi connectivity index (χ2n) is 5.14. The molecule has 0 saturated heterocycles. The van der Waals surface area contributed by atoms with Crippen LogP contribution in [-0.2, 0) is 6.54 Å². The second kappa shape index (κ2) is 7.27. The number of aliphatic hydroxyl groups is 1. The first-order valence-electron chi connectivity index (χ1n) is 7.12. The number of nitrogens with zero attached hydrogens (tertiary/aromatic N) is 1. The monoisotopic (exact) mass is 326 g/mol. The maximum absolute atomic E-state index is 9.14. The quantitative estimate of drug-likeness (QED) is 0.771. The molecule has 0 amide bonds. The molecule has 3 nitrogen and oxygen atoms in total. The maximum Gasteiger partial charge on any atom is 0.0606 e.